The van der Waals surface area contributed by atoms with Gasteiger partial charge in [-0.15, -0.1) is 0 Å². The number of rotatable bonds is 6. The first-order valence-electron chi connectivity index (χ1n) is 8.47. The van der Waals surface area contributed by atoms with Crippen molar-refractivity contribution in [2.45, 2.75) is 13.3 Å². The molecule has 0 fully saturated rings. The van der Waals surface area contributed by atoms with Crippen molar-refractivity contribution in [2.75, 3.05) is 11.9 Å². The van der Waals surface area contributed by atoms with Crippen LogP contribution in [0.2, 0.25) is 0 Å². The molecule has 0 saturated heterocycles. The molecule has 0 aliphatic carbocycles. The maximum Gasteiger partial charge on any atom is 0.269 e. The number of aromatic nitrogens is 2. The zero-order valence-corrected chi connectivity index (χ0v) is 16.3. The number of nitrogens with zero attached hydrogens (tertiary/aromatic N) is 1. The summed E-state index contributed by atoms with van der Waals surface area (Å²) in [5.41, 5.74) is 3.73. The van der Waals surface area contributed by atoms with E-state index in [2.05, 4.69) is 36.8 Å². The van der Waals surface area contributed by atoms with Crippen LogP contribution < -0.4 is 10.6 Å². The van der Waals surface area contributed by atoms with Crippen LogP contribution in [-0.4, -0.2) is 28.6 Å². The van der Waals surface area contributed by atoms with Gasteiger partial charge in [0.15, 0.2) is 0 Å². The van der Waals surface area contributed by atoms with Gasteiger partial charge in [-0.2, -0.15) is 5.10 Å². The minimum absolute atomic E-state index is 0.163. The van der Waals surface area contributed by atoms with Crippen molar-refractivity contribution in [3.05, 3.63) is 70.5 Å². The Bertz CT molecular complexity index is 954. The first kappa shape index (κ1) is 18.8. The van der Waals surface area contributed by atoms with Gasteiger partial charge in [-0.05, 0) is 30.2 Å². The Hall–Kier alpha value is -2.93. The zero-order chi connectivity index (χ0) is 19.2. The molecule has 0 atom stereocenters. The lowest BCUT2D eigenvalue weighted by Crippen LogP contribution is -2.28. The van der Waals surface area contributed by atoms with E-state index in [0.717, 1.165) is 26.9 Å². The van der Waals surface area contributed by atoms with Crippen molar-refractivity contribution in [1.29, 1.82) is 0 Å². The third-order valence-corrected chi connectivity index (χ3v) is 4.56. The van der Waals surface area contributed by atoms with Crippen molar-refractivity contribution in [3.63, 3.8) is 0 Å². The van der Waals surface area contributed by atoms with E-state index in [1.165, 1.54) is 0 Å². The van der Waals surface area contributed by atoms with E-state index in [4.69, 9.17) is 0 Å². The van der Waals surface area contributed by atoms with Gasteiger partial charge in [-0.3, -0.25) is 14.7 Å². The number of carbonyl (C=O) groups is 2. The molecule has 0 saturated carbocycles. The number of anilines is 1. The monoisotopic (exact) mass is 426 g/mol. The summed E-state index contributed by atoms with van der Waals surface area (Å²) in [5, 5.41) is 12.3. The smallest absolute Gasteiger partial charge is 0.269 e. The van der Waals surface area contributed by atoms with Crippen LogP contribution in [-0.2, 0) is 4.79 Å². The van der Waals surface area contributed by atoms with E-state index in [-0.39, 0.29) is 24.8 Å². The van der Waals surface area contributed by atoms with Gasteiger partial charge in [-0.25, -0.2) is 0 Å². The highest BCUT2D eigenvalue weighted by Gasteiger charge is 2.15. The minimum Gasteiger partial charge on any atom is -0.350 e. The van der Waals surface area contributed by atoms with Crippen LogP contribution in [0.1, 0.15) is 22.5 Å². The Morgan fingerprint density at radius 2 is 1.93 bits per heavy atom. The molecular formula is C20H19BrN4O2. The maximum absolute atomic E-state index is 12.4. The molecule has 0 spiro atoms. The van der Waals surface area contributed by atoms with Crippen molar-refractivity contribution < 1.29 is 9.59 Å². The zero-order valence-electron chi connectivity index (χ0n) is 14.8. The number of nitrogens with one attached hydrogen (secondary N) is 3. The van der Waals surface area contributed by atoms with Crippen LogP contribution in [0.25, 0.3) is 11.1 Å². The lowest BCUT2D eigenvalue weighted by atomic mass is 10.1. The summed E-state index contributed by atoms with van der Waals surface area (Å²) in [4.78, 5) is 24.6. The molecule has 7 heteroatoms. The second kappa shape index (κ2) is 8.64. The number of halogens is 1. The van der Waals surface area contributed by atoms with E-state index in [1.54, 1.807) is 6.20 Å². The van der Waals surface area contributed by atoms with Crippen LogP contribution in [0, 0.1) is 6.92 Å². The molecule has 1 aromatic heterocycles. The van der Waals surface area contributed by atoms with Crippen molar-refractivity contribution >= 4 is 33.4 Å². The molecule has 0 bridgehead atoms. The third kappa shape index (κ3) is 4.83. The number of carbonyl (C=O) groups excluding carboxylic acids is 2. The van der Waals surface area contributed by atoms with Crippen LogP contribution in [0.4, 0.5) is 5.69 Å². The second-order valence-electron chi connectivity index (χ2n) is 6.04. The Labute approximate surface area is 165 Å². The number of aromatic amines is 1. The van der Waals surface area contributed by atoms with Crippen molar-refractivity contribution in [3.8, 4) is 11.1 Å². The lowest BCUT2D eigenvalue weighted by Gasteiger charge is -2.09. The van der Waals surface area contributed by atoms with Gasteiger partial charge in [-0.1, -0.05) is 52.3 Å². The quantitative estimate of drug-likeness (QED) is 0.558. The Balaban J connectivity index is 1.55. The molecule has 2 aromatic carbocycles. The lowest BCUT2D eigenvalue weighted by molar-refractivity contribution is -0.116. The SMILES string of the molecule is Cc1ccc(Br)cc1NC(=O)CCNC(=O)c1[nH]ncc1-c1ccccc1. The Morgan fingerprint density at radius 3 is 2.70 bits per heavy atom. The molecule has 3 rings (SSSR count). The largest absolute Gasteiger partial charge is 0.350 e. The first-order chi connectivity index (χ1) is 13.0. The van der Waals surface area contributed by atoms with Crippen molar-refractivity contribution in [1.82, 2.24) is 15.5 Å². The van der Waals surface area contributed by atoms with Crippen LogP contribution in [0.3, 0.4) is 0 Å². The summed E-state index contributed by atoms with van der Waals surface area (Å²) in [7, 11) is 0. The van der Waals surface area contributed by atoms with Crippen LogP contribution in [0.5, 0.6) is 0 Å². The fraction of sp³-hybridized carbons (Fsp3) is 0.150. The average molecular weight is 427 g/mol. The minimum atomic E-state index is -0.294. The summed E-state index contributed by atoms with van der Waals surface area (Å²) < 4.78 is 0.893. The second-order valence-corrected chi connectivity index (χ2v) is 6.95. The highest BCUT2D eigenvalue weighted by atomic mass is 79.9. The summed E-state index contributed by atoms with van der Waals surface area (Å²) in [6.45, 7) is 2.15. The van der Waals surface area contributed by atoms with Gasteiger partial charge in [0.05, 0.1) is 6.20 Å². The number of amides is 2. The van der Waals surface area contributed by atoms with Gasteiger partial charge >= 0.3 is 0 Å². The highest BCUT2D eigenvalue weighted by Crippen LogP contribution is 2.22. The molecule has 138 valence electrons. The first-order valence-corrected chi connectivity index (χ1v) is 9.27. The van der Waals surface area contributed by atoms with Crippen LogP contribution in [0.15, 0.2) is 59.2 Å². The van der Waals surface area contributed by atoms with E-state index < -0.39 is 0 Å². The molecule has 0 radical (unpaired) electrons. The molecule has 3 N–H and O–H groups in total. The topological polar surface area (TPSA) is 86.9 Å². The Morgan fingerprint density at radius 1 is 1.15 bits per heavy atom. The summed E-state index contributed by atoms with van der Waals surface area (Å²) in [6, 6.07) is 15.2. The van der Waals surface area contributed by atoms with E-state index in [1.807, 2.05) is 55.5 Å². The van der Waals surface area contributed by atoms with Gasteiger partial charge in [0.25, 0.3) is 5.91 Å². The van der Waals surface area contributed by atoms with Gasteiger partial charge in [0.1, 0.15) is 5.69 Å². The fourth-order valence-corrected chi connectivity index (χ4v) is 2.98. The third-order valence-electron chi connectivity index (χ3n) is 4.06. The number of hydrogen-bond acceptors (Lipinski definition) is 3. The number of H-pyrrole nitrogens is 1. The van der Waals surface area contributed by atoms with Crippen LogP contribution >= 0.6 is 15.9 Å². The molecule has 0 unspecified atom stereocenters. The molecular weight excluding hydrogens is 408 g/mol. The number of aryl methyl sites for hydroxylation is 1. The van der Waals surface area contributed by atoms with Crippen molar-refractivity contribution in [2.24, 2.45) is 0 Å². The predicted molar refractivity (Wildman–Crippen MR) is 108 cm³/mol. The van der Waals surface area contributed by atoms with Gasteiger partial charge in [0, 0.05) is 28.7 Å². The van der Waals surface area contributed by atoms with E-state index in [9.17, 15) is 9.59 Å². The molecule has 2 amide bonds. The van der Waals surface area contributed by atoms with Gasteiger partial charge in [0.2, 0.25) is 5.91 Å². The molecule has 6 nitrogen and oxygen atoms in total. The predicted octanol–water partition coefficient (Wildman–Crippen LogP) is 3.91. The Kier molecular flexibility index (Phi) is 6.03. The standard InChI is InChI=1S/C20H19BrN4O2/c1-13-7-8-15(21)11-17(13)24-18(26)9-10-22-20(27)19-16(12-23-25-19)14-5-3-2-4-6-14/h2-8,11-12H,9-10H2,1H3,(H,22,27)(H,23,25)(H,24,26). The highest BCUT2D eigenvalue weighted by molar-refractivity contribution is 9.10. The average Bonchev–Trinajstić information content (AvgIpc) is 3.15. The molecule has 27 heavy (non-hydrogen) atoms. The summed E-state index contributed by atoms with van der Waals surface area (Å²) in [5.74, 6) is -0.456. The number of benzene rings is 2. The normalized spacial score (nSPS) is 10.4. The molecule has 0 aliphatic rings. The summed E-state index contributed by atoms with van der Waals surface area (Å²) >= 11 is 3.39. The fourth-order valence-electron chi connectivity index (χ4n) is 2.62. The van der Waals surface area contributed by atoms with E-state index >= 15 is 0 Å². The number of hydrogen-bond donors (Lipinski definition) is 3. The molecule has 3 aromatic rings. The van der Waals surface area contributed by atoms with Gasteiger partial charge < -0.3 is 10.6 Å². The summed E-state index contributed by atoms with van der Waals surface area (Å²) in [6.07, 6.45) is 1.79. The molecule has 0 aliphatic heterocycles. The molecule has 1 heterocycles. The van der Waals surface area contributed by atoms with E-state index in [0.29, 0.717) is 5.69 Å². The maximum atomic E-state index is 12.4.